The Kier molecular flexibility index (Phi) is 6.43. The van der Waals surface area contributed by atoms with Gasteiger partial charge in [-0.25, -0.2) is 0 Å². The molecule has 0 fully saturated rings. The predicted octanol–water partition coefficient (Wildman–Crippen LogP) is 4.36. The van der Waals surface area contributed by atoms with E-state index in [1.807, 2.05) is 56.3 Å². The molecule has 4 nitrogen and oxygen atoms in total. The number of ether oxygens (including phenoxy) is 2. The van der Waals surface area contributed by atoms with E-state index in [2.05, 4.69) is 11.9 Å². The fourth-order valence-electron chi connectivity index (χ4n) is 2.22. The third-order valence-corrected chi connectivity index (χ3v) is 3.40. The highest BCUT2D eigenvalue weighted by Gasteiger charge is 2.18. The molecule has 0 spiro atoms. The van der Waals surface area contributed by atoms with E-state index in [1.165, 1.54) is 0 Å². The second-order valence-corrected chi connectivity index (χ2v) is 5.45. The molecule has 2 aromatic rings. The van der Waals surface area contributed by atoms with Crippen LogP contribution in [-0.4, -0.2) is 18.6 Å². The van der Waals surface area contributed by atoms with Crippen molar-refractivity contribution in [2.75, 3.05) is 11.9 Å². The van der Waals surface area contributed by atoms with Gasteiger partial charge in [0, 0.05) is 11.8 Å². The van der Waals surface area contributed by atoms with Crippen LogP contribution in [0.15, 0.2) is 61.2 Å². The number of carbonyl (C=O) groups is 1. The van der Waals surface area contributed by atoms with Gasteiger partial charge in [-0.05, 0) is 43.2 Å². The lowest BCUT2D eigenvalue weighted by atomic mass is 10.2. The Morgan fingerprint density at radius 2 is 1.96 bits per heavy atom. The fraction of sp³-hybridized carbons (Fsp3) is 0.250. The Labute approximate surface area is 143 Å². The van der Waals surface area contributed by atoms with Gasteiger partial charge in [0.2, 0.25) is 0 Å². The largest absolute Gasteiger partial charge is 0.489 e. The van der Waals surface area contributed by atoms with Gasteiger partial charge < -0.3 is 14.8 Å². The monoisotopic (exact) mass is 325 g/mol. The molecule has 0 saturated heterocycles. The van der Waals surface area contributed by atoms with Crippen molar-refractivity contribution >= 4 is 11.6 Å². The summed E-state index contributed by atoms with van der Waals surface area (Å²) in [5.74, 6) is 1.19. The number of hydrogen-bond acceptors (Lipinski definition) is 3. The Hall–Kier alpha value is -2.75. The summed E-state index contributed by atoms with van der Waals surface area (Å²) < 4.78 is 11.3. The topological polar surface area (TPSA) is 47.6 Å². The molecule has 1 N–H and O–H groups in total. The summed E-state index contributed by atoms with van der Waals surface area (Å²) in [4.78, 5) is 12.5. The van der Waals surface area contributed by atoms with Crippen LogP contribution in [0.5, 0.6) is 11.5 Å². The van der Waals surface area contributed by atoms with Crippen LogP contribution in [0.3, 0.4) is 0 Å². The third-order valence-electron chi connectivity index (χ3n) is 3.40. The van der Waals surface area contributed by atoms with Gasteiger partial charge in [0.05, 0.1) is 0 Å². The molecule has 4 heteroatoms. The highest BCUT2D eigenvalue weighted by molar-refractivity contribution is 5.94. The van der Waals surface area contributed by atoms with Crippen molar-refractivity contribution in [3.8, 4) is 11.5 Å². The van der Waals surface area contributed by atoms with Crippen LogP contribution in [0.4, 0.5) is 5.69 Å². The summed E-state index contributed by atoms with van der Waals surface area (Å²) in [5, 5.41) is 2.87. The van der Waals surface area contributed by atoms with E-state index >= 15 is 0 Å². The molecule has 24 heavy (non-hydrogen) atoms. The molecule has 0 saturated carbocycles. The van der Waals surface area contributed by atoms with Crippen molar-refractivity contribution in [1.82, 2.24) is 0 Å². The first-order chi connectivity index (χ1) is 11.6. The molecule has 2 rings (SSSR count). The van der Waals surface area contributed by atoms with Crippen LogP contribution in [0.25, 0.3) is 0 Å². The molecule has 0 aliphatic rings. The average Bonchev–Trinajstić information content (AvgIpc) is 2.58. The molecule has 0 heterocycles. The molecular weight excluding hydrogens is 302 g/mol. The van der Waals surface area contributed by atoms with E-state index in [4.69, 9.17) is 9.47 Å². The standard InChI is InChI=1S/C20H23NO3/c1-4-12-23-17-10-7-9-16(14-17)21-20(22)19(5-2)24-18-11-6-8-15(3)13-18/h4,6-11,13-14,19H,1,5,12H2,2-3H3,(H,21,22)/t19-/m1/s1. The first-order valence-electron chi connectivity index (χ1n) is 8.00. The number of benzene rings is 2. The summed E-state index contributed by atoms with van der Waals surface area (Å²) in [6, 6.07) is 14.9. The lowest BCUT2D eigenvalue weighted by molar-refractivity contribution is -0.122. The van der Waals surface area contributed by atoms with Gasteiger partial charge in [0.1, 0.15) is 18.1 Å². The van der Waals surface area contributed by atoms with E-state index in [-0.39, 0.29) is 5.91 Å². The van der Waals surface area contributed by atoms with Gasteiger partial charge in [0.25, 0.3) is 5.91 Å². The number of carbonyl (C=O) groups excluding carboxylic acids is 1. The maximum absolute atomic E-state index is 12.5. The van der Waals surface area contributed by atoms with Gasteiger partial charge in [-0.2, -0.15) is 0 Å². The number of aryl methyl sites for hydroxylation is 1. The van der Waals surface area contributed by atoms with Crippen LogP contribution in [0.2, 0.25) is 0 Å². The summed E-state index contributed by atoms with van der Waals surface area (Å²) in [6.45, 7) is 7.95. The van der Waals surface area contributed by atoms with Crippen LogP contribution in [0, 0.1) is 6.92 Å². The highest BCUT2D eigenvalue weighted by Crippen LogP contribution is 2.19. The van der Waals surface area contributed by atoms with Crippen LogP contribution in [-0.2, 0) is 4.79 Å². The first kappa shape index (κ1) is 17.6. The van der Waals surface area contributed by atoms with Crippen molar-refractivity contribution in [3.05, 3.63) is 66.7 Å². The van der Waals surface area contributed by atoms with Crippen molar-refractivity contribution in [1.29, 1.82) is 0 Å². The Bertz CT molecular complexity index is 697. The molecule has 1 atom stereocenters. The average molecular weight is 325 g/mol. The molecule has 0 aliphatic carbocycles. The minimum absolute atomic E-state index is 0.181. The van der Waals surface area contributed by atoms with Crippen LogP contribution >= 0.6 is 0 Å². The summed E-state index contributed by atoms with van der Waals surface area (Å²) in [6.07, 6.45) is 1.70. The van der Waals surface area contributed by atoms with E-state index in [0.717, 1.165) is 5.56 Å². The second-order valence-electron chi connectivity index (χ2n) is 5.45. The zero-order valence-corrected chi connectivity index (χ0v) is 14.1. The lowest BCUT2D eigenvalue weighted by Gasteiger charge is -2.18. The minimum Gasteiger partial charge on any atom is -0.489 e. The SMILES string of the molecule is C=CCOc1cccc(NC(=O)[C@@H](CC)Oc2cccc(C)c2)c1. The van der Waals surface area contributed by atoms with Crippen molar-refractivity contribution in [2.24, 2.45) is 0 Å². The van der Waals surface area contributed by atoms with Crippen LogP contribution in [0.1, 0.15) is 18.9 Å². The molecular formula is C20H23NO3. The zero-order valence-electron chi connectivity index (χ0n) is 14.1. The van der Waals surface area contributed by atoms with Gasteiger partial charge in [-0.15, -0.1) is 0 Å². The molecule has 0 aromatic heterocycles. The number of nitrogens with one attached hydrogen (secondary N) is 1. The molecule has 2 aromatic carbocycles. The van der Waals surface area contributed by atoms with E-state index in [9.17, 15) is 4.79 Å². The number of rotatable bonds is 8. The van der Waals surface area contributed by atoms with E-state index in [1.54, 1.807) is 12.1 Å². The molecule has 0 bridgehead atoms. The smallest absolute Gasteiger partial charge is 0.265 e. The Morgan fingerprint density at radius 1 is 1.21 bits per heavy atom. The number of anilines is 1. The highest BCUT2D eigenvalue weighted by atomic mass is 16.5. The molecule has 126 valence electrons. The second kappa shape index (κ2) is 8.77. The number of amides is 1. The summed E-state index contributed by atoms with van der Waals surface area (Å²) in [5.41, 5.74) is 1.77. The normalized spacial score (nSPS) is 11.4. The maximum atomic E-state index is 12.5. The van der Waals surface area contributed by atoms with Gasteiger partial charge in [-0.3, -0.25) is 4.79 Å². The predicted molar refractivity (Wildman–Crippen MR) is 96.6 cm³/mol. The maximum Gasteiger partial charge on any atom is 0.265 e. The summed E-state index contributed by atoms with van der Waals surface area (Å²) >= 11 is 0. The Balaban J connectivity index is 2.02. The van der Waals surface area contributed by atoms with Crippen molar-refractivity contribution in [3.63, 3.8) is 0 Å². The third kappa shape index (κ3) is 5.16. The molecule has 0 radical (unpaired) electrons. The number of hydrogen-bond donors (Lipinski definition) is 1. The zero-order chi connectivity index (χ0) is 17.4. The molecule has 0 aliphatic heterocycles. The Morgan fingerprint density at radius 3 is 2.67 bits per heavy atom. The van der Waals surface area contributed by atoms with Gasteiger partial charge >= 0.3 is 0 Å². The fourth-order valence-corrected chi connectivity index (χ4v) is 2.22. The van der Waals surface area contributed by atoms with Crippen molar-refractivity contribution < 1.29 is 14.3 Å². The minimum atomic E-state index is -0.551. The first-order valence-corrected chi connectivity index (χ1v) is 8.00. The molecule has 0 unspecified atom stereocenters. The molecule has 1 amide bonds. The van der Waals surface area contributed by atoms with Crippen molar-refractivity contribution in [2.45, 2.75) is 26.4 Å². The van der Waals surface area contributed by atoms with E-state index in [0.29, 0.717) is 30.2 Å². The van der Waals surface area contributed by atoms with Gasteiger partial charge in [-0.1, -0.05) is 37.8 Å². The summed E-state index contributed by atoms with van der Waals surface area (Å²) in [7, 11) is 0. The van der Waals surface area contributed by atoms with Crippen LogP contribution < -0.4 is 14.8 Å². The van der Waals surface area contributed by atoms with E-state index < -0.39 is 6.10 Å². The lowest BCUT2D eigenvalue weighted by Crippen LogP contribution is -2.32. The van der Waals surface area contributed by atoms with Gasteiger partial charge in [0.15, 0.2) is 6.10 Å². The quantitative estimate of drug-likeness (QED) is 0.734.